The Morgan fingerprint density at radius 3 is 2.09 bits per heavy atom. The van der Waals surface area contributed by atoms with Gasteiger partial charge in [0.15, 0.2) is 6.04 Å². The molecule has 0 saturated carbocycles. The number of phenols is 1. The van der Waals surface area contributed by atoms with Gasteiger partial charge in [0.05, 0.1) is 0 Å². The first-order valence-corrected chi connectivity index (χ1v) is 11.2. The zero-order chi connectivity index (χ0) is 22.7. The van der Waals surface area contributed by atoms with Crippen molar-refractivity contribution < 1.29 is 29.4 Å². The Morgan fingerprint density at radius 1 is 0.969 bits per heavy atom. The fourth-order valence-electron chi connectivity index (χ4n) is 3.86. The lowest BCUT2D eigenvalue weighted by molar-refractivity contribution is -0.155. The Bertz CT molecular complexity index is 1150. The molecule has 4 rings (SSSR count). The molecule has 3 aromatic rings. The molecule has 0 bridgehead atoms. The maximum atomic E-state index is 12.4. The second-order valence-electron chi connectivity index (χ2n) is 7.42. The molecule has 2 atom stereocenters. The summed E-state index contributed by atoms with van der Waals surface area (Å²) in [6.07, 6.45) is -0.0622. The van der Waals surface area contributed by atoms with Crippen molar-refractivity contribution >= 4 is 19.6 Å². The summed E-state index contributed by atoms with van der Waals surface area (Å²) in [5, 5.41) is 18.8. The number of carbonyl (C=O) groups excluding carboxylic acids is 1. The summed E-state index contributed by atoms with van der Waals surface area (Å²) in [5.74, 6) is -1.45. The monoisotopic (exact) mass is 449 g/mol. The summed E-state index contributed by atoms with van der Waals surface area (Å²) in [5.41, 5.74) is 3.71. The van der Waals surface area contributed by atoms with E-state index in [4.69, 9.17) is 4.74 Å². The molecule has 1 aliphatic carbocycles. The lowest BCUT2D eigenvalue weighted by Gasteiger charge is -2.12. The van der Waals surface area contributed by atoms with Crippen LogP contribution in [0.2, 0.25) is 0 Å². The maximum Gasteiger partial charge on any atom is 0.530 e. The summed E-state index contributed by atoms with van der Waals surface area (Å²) in [7, 11) is -2.89. The van der Waals surface area contributed by atoms with E-state index >= 15 is 0 Å². The number of carboxylic acids is 1. The van der Waals surface area contributed by atoms with Crippen LogP contribution in [0.1, 0.15) is 22.6 Å². The van der Waals surface area contributed by atoms with Crippen LogP contribution >= 0.6 is 7.94 Å². The molecular weight excluding hydrogens is 429 g/mol. The molecule has 162 valence electrons. The van der Waals surface area contributed by atoms with Gasteiger partial charge in [-0.2, -0.15) is 4.79 Å². The molecular formula is C24H20NO6P. The van der Waals surface area contributed by atoms with Crippen molar-refractivity contribution in [2.45, 2.75) is 18.4 Å². The number of nitrogens with zero attached hydrogens (tertiary/aromatic N) is 1. The van der Waals surface area contributed by atoms with Gasteiger partial charge in [-0.05, 0) is 39.9 Å². The van der Waals surface area contributed by atoms with Crippen molar-refractivity contribution in [2.75, 3.05) is 6.61 Å². The molecule has 0 saturated heterocycles. The van der Waals surface area contributed by atoms with Crippen LogP contribution in [-0.2, 0) is 16.0 Å². The van der Waals surface area contributed by atoms with E-state index in [2.05, 4.69) is 4.74 Å². The summed E-state index contributed by atoms with van der Waals surface area (Å²) in [4.78, 5) is 36.3. The summed E-state index contributed by atoms with van der Waals surface area (Å²) >= 11 is 0. The minimum absolute atomic E-state index is 0.0147. The lowest BCUT2D eigenvalue weighted by Crippen LogP contribution is -2.21. The number of rotatable bonds is 7. The van der Waals surface area contributed by atoms with Gasteiger partial charge in [0, 0.05) is 12.3 Å². The topological polar surface area (TPSA) is 119 Å². The third-order valence-corrected chi connectivity index (χ3v) is 6.32. The number of aromatic hydroxyl groups is 1. The second-order valence-corrected chi connectivity index (χ2v) is 8.56. The number of carboxylic acid groups (broad SMARTS) is 1. The van der Waals surface area contributed by atoms with E-state index in [-0.39, 0.29) is 24.7 Å². The first-order chi connectivity index (χ1) is 15.4. The number of hydrogen-bond acceptors (Lipinski definition) is 6. The molecule has 1 unspecified atom stereocenters. The van der Waals surface area contributed by atoms with Crippen molar-refractivity contribution in [1.82, 2.24) is 0 Å². The van der Waals surface area contributed by atoms with E-state index in [9.17, 15) is 24.7 Å². The van der Waals surface area contributed by atoms with Crippen LogP contribution in [0.3, 0.4) is 0 Å². The van der Waals surface area contributed by atoms with Crippen LogP contribution in [0, 0.1) is 0 Å². The summed E-state index contributed by atoms with van der Waals surface area (Å²) in [6.45, 7) is -0.0147. The standard InChI is InChI=1S/C24H20NO6P/c26-16-11-9-15(10-12-16)13-22(23(27)28)25-32(30)24(29)31-14-21-19-7-3-1-5-17(19)18-6-2-4-8-20(18)21/h1-12,21-22,26H,13-14H2,(H,27,28)/t22-/m0/s1. The highest BCUT2D eigenvalue weighted by Gasteiger charge is 2.31. The van der Waals surface area contributed by atoms with E-state index in [1.54, 1.807) is 12.1 Å². The van der Waals surface area contributed by atoms with Gasteiger partial charge in [-0.3, -0.25) is 0 Å². The van der Waals surface area contributed by atoms with Gasteiger partial charge in [-0.25, -0.2) is 4.79 Å². The maximum absolute atomic E-state index is 12.4. The van der Waals surface area contributed by atoms with Crippen LogP contribution in [-0.4, -0.2) is 34.5 Å². The number of aliphatic carboxylic acids is 1. The predicted molar refractivity (Wildman–Crippen MR) is 118 cm³/mol. The first kappa shape index (κ1) is 21.7. The first-order valence-electron chi connectivity index (χ1n) is 9.97. The van der Waals surface area contributed by atoms with Crippen molar-refractivity contribution in [3.05, 3.63) is 89.5 Å². The van der Waals surface area contributed by atoms with Crippen LogP contribution in [0.4, 0.5) is 4.79 Å². The van der Waals surface area contributed by atoms with Gasteiger partial charge in [-0.15, -0.1) is 0 Å². The van der Waals surface area contributed by atoms with Gasteiger partial charge < -0.3 is 19.8 Å². The van der Waals surface area contributed by atoms with Crippen LogP contribution in [0.15, 0.2) is 77.5 Å². The quantitative estimate of drug-likeness (QED) is 0.520. The van der Waals surface area contributed by atoms with E-state index in [0.717, 1.165) is 22.3 Å². The van der Waals surface area contributed by atoms with E-state index in [1.165, 1.54) is 12.1 Å². The molecule has 2 N–H and O–H groups in total. The number of phenolic OH excluding ortho intramolecular Hbond substituents is 1. The SMILES string of the molecule is O=C(O)[C@H](Cc1ccc(O)cc1)N=[P+]([O-])C(=O)OCC1c2ccccc2-c2ccccc21. The van der Waals surface area contributed by atoms with Crippen LogP contribution in [0.25, 0.3) is 11.1 Å². The molecule has 8 heteroatoms. The van der Waals surface area contributed by atoms with Crippen molar-refractivity contribution in [1.29, 1.82) is 0 Å². The second kappa shape index (κ2) is 9.30. The zero-order valence-corrected chi connectivity index (χ0v) is 17.8. The molecule has 0 aromatic heterocycles. The molecule has 0 amide bonds. The van der Waals surface area contributed by atoms with E-state index < -0.39 is 25.7 Å². The molecule has 1 aliphatic rings. The number of carbonyl (C=O) groups is 2. The highest BCUT2D eigenvalue weighted by molar-refractivity contribution is 7.58. The van der Waals surface area contributed by atoms with Crippen LogP contribution < -0.4 is 4.89 Å². The molecule has 0 radical (unpaired) electrons. The fourth-order valence-corrected chi connectivity index (χ4v) is 4.57. The number of ether oxygens (including phenoxy) is 1. The normalized spacial score (nSPS) is 13.8. The third kappa shape index (κ3) is 4.54. The Morgan fingerprint density at radius 2 is 1.53 bits per heavy atom. The van der Waals surface area contributed by atoms with Crippen molar-refractivity contribution in [2.24, 2.45) is 4.74 Å². The van der Waals surface area contributed by atoms with Gasteiger partial charge in [0.25, 0.3) is 7.94 Å². The minimum atomic E-state index is -2.89. The Balaban J connectivity index is 1.47. The molecule has 32 heavy (non-hydrogen) atoms. The Hall–Kier alpha value is -3.54. The Kier molecular flexibility index (Phi) is 6.30. The molecule has 0 heterocycles. The van der Waals surface area contributed by atoms with Gasteiger partial charge >= 0.3 is 11.7 Å². The molecule has 3 aromatic carbocycles. The van der Waals surface area contributed by atoms with E-state index in [0.29, 0.717) is 5.56 Å². The van der Waals surface area contributed by atoms with Gasteiger partial charge in [0.2, 0.25) is 0 Å². The molecule has 7 nitrogen and oxygen atoms in total. The van der Waals surface area contributed by atoms with E-state index in [1.807, 2.05) is 48.5 Å². The van der Waals surface area contributed by atoms with Crippen molar-refractivity contribution in [3.8, 4) is 16.9 Å². The minimum Gasteiger partial charge on any atom is -0.602 e. The fraction of sp³-hybridized carbons (Fsp3) is 0.167. The molecule has 0 aliphatic heterocycles. The largest absolute Gasteiger partial charge is 0.602 e. The highest BCUT2D eigenvalue weighted by atomic mass is 31.1. The number of hydrogen-bond donors (Lipinski definition) is 2. The average molecular weight is 449 g/mol. The Labute approximate surface area is 185 Å². The van der Waals surface area contributed by atoms with Gasteiger partial charge in [0.1, 0.15) is 12.4 Å². The molecule has 0 fully saturated rings. The smallest absolute Gasteiger partial charge is 0.530 e. The van der Waals surface area contributed by atoms with Crippen LogP contribution in [0.5, 0.6) is 5.75 Å². The highest BCUT2D eigenvalue weighted by Crippen LogP contribution is 2.44. The third-order valence-electron chi connectivity index (χ3n) is 5.39. The molecule has 0 spiro atoms. The zero-order valence-electron chi connectivity index (χ0n) is 16.9. The summed E-state index contributed by atoms with van der Waals surface area (Å²) < 4.78 is 9.01. The number of fused-ring (bicyclic) bond motifs is 3. The summed E-state index contributed by atoms with van der Waals surface area (Å²) in [6, 6.07) is 20.2. The predicted octanol–water partition coefficient (Wildman–Crippen LogP) is 4.28. The lowest BCUT2D eigenvalue weighted by atomic mass is 9.98. The average Bonchev–Trinajstić information content (AvgIpc) is 3.12. The number of benzene rings is 3. The van der Waals surface area contributed by atoms with Gasteiger partial charge in [-0.1, -0.05) is 65.4 Å². The van der Waals surface area contributed by atoms with Crippen molar-refractivity contribution in [3.63, 3.8) is 0 Å².